The minimum absolute atomic E-state index is 0.0539. The summed E-state index contributed by atoms with van der Waals surface area (Å²) in [6.45, 7) is 3.58. The lowest BCUT2D eigenvalue weighted by molar-refractivity contribution is -0.168. The Morgan fingerprint density at radius 1 is 1.08 bits per heavy atom. The van der Waals surface area contributed by atoms with Crippen LogP contribution in [0.5, 0.6) is 0 Å². The highest BCUT2D eigenvalue weighted by Crippen LogP contribution is 2.54. The molecule has 0 unspecified atom stereocenters. The van der Waals surface area contributed by atoms with Crippen molar-refractivity contribution >= 4 is 17.9 Å². The topological polar surface area (TPSA) is 130 Å². The van der Waals surface area contributed by atoms with Gasteiger partial charge in [-0.3, -0.25) is 4.79 Å². The fourth-order valence-corrected chi connectivity index (χ4v) is 7.36. The lowest BCUT2D eigenvalue weighted by Gasteiger charge is -2.49. The lowest BCUT2D eigenvalue weighted by Crippen LogP contribution is -2.51. The molecule has 1 spiro atoms. The standard InChI is InChI=1S/C29H36O8/c1-16-15-29-18(14-20(16)25(32)33)9-6-4-3-5-8-17-12-13-19-21(10-7-11-22(19)30)28(17,2)27(35)36-23(24(29)31)26(34)37-29/h6,9,12-14,16-19,21-22,30-31H,3-5,7-8,10-11,15H2,1-2H3,(H,32,33)/b9-6-/t16-,17-,18-,19+,21-,22+,28-,29+/m1/s1. The van der Waals surface area contributed by atoms with Gasteiger partial charge in [0.2, 0.25) is 0 Å². The van der Waals surface area contributed by atoms with Crippen molar-refractivity contribution in [3.8, 4) is 0 Å². The molecule has 0 aromatic carbocycles. The van der Waals surface area contributed by atoms with Gasteiger partial charge in [-0.2, -0.15) is 0 Å². The average Bonchev–Trinajstić information content (AvgIpc) is 3.07. The summed E-state index contributed by atoms with van der Waals surface area (Å²) in [6, 6.07) is 0. The highest BCUT2D eigenvalue weighted by molar-refractivity contribution is 5.95. The van der Waals surface area contributed by atoms with Gasteiger partial charge in [0.25, 0.3) is 5.76 Å². The second-order valence-electron chi connectivity index (χ2n) is 11.6. The molecular weight excluding hydrogens is 476 g/mol. The van der Waals surface area contributed by atoms with E-state index < -0.39 is 58.4 Å². The molecular formula is C29H36O8. The van der Waals surface area contributed by atoms with E-state index in [1.54, 1.807) is 13.0 Å². The zero-order valence-corrected chi connectivity index (χ0v) is 21.4. The van der Waals surface area contributed by atoms with Gasteiger partial charge in [-0.05, 0) is 56.8 Å². The summed E-state index contributed by atoms with van der Waals surface area (Å²) in [4.78, 5) is 38.9. The number of aliphatic hydroxyl groups excluding tert-OH is 2. The largest absolute Gasteiger partial charge is 0.505 e. The number of carbonyl (C=O) groups excluding carboxylic acids is 2. The number of carbonyl (C=O) groups is 3. The average molecular weight is 513 g/mol. The number of hydrogen-bond donors (Lipinski definition) is 3. The van der Waals surface area contributed by atoms with Gasteiger partial charge in [-0.25, -0.2) is 9.59 Å². The number of allylic oxidation sites excluding steroid dienone is 2. The van der Waals surface area contributed by atoms with Crippen molar-refractivity contribution in [3.05, 3.63) is 47.5 Å². The van der Waals surface area contributed by atoms with Crippen molar-refractivity contribution in [2.24, 2.45) is 35.0 Å². The first-order valence-electron chi connectivity index (χ1n) is 13.5. The van der Waals surface area contributed by atoms with Gasteiger partial charge < -0.3 is 24.8 Å². The fraction of sp³-hybridized carbons (Fsp3) is 0.621. The van der Waals surface area contributed by atoms with E-state index in [1.807, 2.05) is 25.2 Å². The van der Waals surface area contributed by atoms with Gasteiger partial charge >= 0.3 is 17.9 Å². The van der Waals surface area contributed by atoms with Crippen LogP contribution in [0.25, 0.3) is 0 Å². The first-order chi connectivity index (χ1) is 17.6. The molecule has 200 valence electrons. The van der Waals surface area contributed by atoms with E-state index in [2.05, 4.69) is 0 Å². The van der Waals surface area contributed by atoms with E-state index >= 15 is 0 Å². The van der Waals surface area contributed by atoms with Crippen LogP contribution in [0.3, 0.4) is 0 Å². The van der Waals surface area contributed by atoms with Crippen LogP contribution in [0, 0.1) is 35.0 Å². The van der Waals surface area contributed by atoms with Crippen LogP contribution in [0.2, 0.25) is 0 Å². The summed E-state index contributed by atoms with van der Waals surface area (Å²) in [5.41, 5.74) is -2.32. The van der Waals surface area contributed by atoms with Gasteiger partial charge in [0, 0.05) is 23.8 Å². The summed E-state index contributed by atoms with van der Waals surface area (Å²) in [7, 11) is 0. The van der Waals surface area contributed by atoms with Crippen LogP contribution in [0.4, 0.5) is 0 Å². The summed E-state index contributed by atoms with van der Waals surface area (Å²) < 4.78 is 11.5. The molecule has 2 aliphatic heterocycles. The number of carboxylic acids is 1. The van der Waals surface area contributed by atoms with Crippen molar-refractivity contribution in [1.29, 1.82) is 0 Å². The molecule has 1 saturated carbocycles. The monoisotopic (exact) mass is 512 g/mol. The van der Waals surface area contributed by atoms with Crippen LogP contribution in [0.15, 0.2) is 47.5 Å². The molecule has 8 heteroatoms. The van der Waals surface area contributed by atoms with Gasteiger partial charge in [0.05, 0.1) is 11.5 Å². The molecule has 8 nitrogen and oxygen atoms in total. The van der Waals surface area contributed by atoms with Crippen molar-refractivity contribution in [3.63, 3.8) is 0 Å². The van der Waals surface area contributed by atoms with E-state index in [-0.39, 0.29) is 29.7 Å². The summed E-state index contributed by atoms with van der Waals surface area (Å²) in [5, 5.41) is 31.8. The zero-order chi connectivity index (χ0) is 26.5. The second-order valence-corrected chi connectivity index (χ2v) is 11.6. The number of hydrogen-bond acceptors (Lipinski definition) is 7. The molecule has 37 heavy (non-hydrogen) atoms. The molecule has 5 rings (SSSR count). The SMILES string of the molecule is C[C@@H]1C[C@@]23OC(=O)C(=C2O)OC(=O)[C@@]2(C)[C@@H]4CCC[C@H](O)[C@H]4C=C[C@H]2CCCC/C=C\[C@@H]3C=C1C(=O)O. The van der Waals surface area contributed by atoms with Gasteiger partial charge in [0.15, 0.2) is 11.4 Å². The number of carboxylic acid groups (broad SMARTS) is 1. The smallest absolute Gasteiger partial charge is 0.379 e. The van der Waals surface area contributed by atoms with Crippen molar-refractivity contribution in [1.82, 2.24) is 0 Å². The van der Waals surface area contributed by atoms with Gasteiger partial charge in [-0.1, -0.05) is 50.1 Å². The van der Waals surface area contributed by atoms with Crippen LogP contribution >= 0.6 is 0 Å². The maximum Gasteiger partial charge on any atom is 0.379 e. The number of rotatable bonds is 1. The van der Waals surface area contributed by atoms with E-state index in [9.17, 15) is 29.7 Å². The molecule has 2 heterocycles. The van der Waals surface area contributed by atoms with E-state index in [1.165, 1.54) is 6.08 Å². The number of aliphatic carboxylic acids is 1. The third-order valence-electron chi connectivity index (χ3n) is 9.51. The fourth-order valence-electron chi connectivity index (χ4n) is 7.36. The van der Waals surface area contributed by atoms with E-state index in [0.717, 1.165) is 38.5 Å². The van der Waals surface area contributed by atoms with Crippen molar-refractivity contribution < 1.29 is 39.2 Å². The van der Waals surface area contributed by atoms with Crippen molar-refractivity contribution in [2.75, 3.05) is 0 Å². The molecule has 0 aromatic rings. The Hall–Kier alpha value is -2.87. The van der Waals surface area contributed by atoms with Crippen LogP contribution in [-0.2, 0) is 23.9 Å². The molecule has 0 radical (unpaired) electrons. The van der Waals surface area contributed by atoms with Crippen LogP contribution in [-0.4, -0.2) is 44.9 Å². The van der Waals surface area contributed by atoms with Crippen LogP contribution in [0.1, 0.15) is 65.2 Å². The predicted molar refractivity (Wildman–Crippen MR) is 133 cm³/mol. The number of fused-ring (bicyclic) bond motifs is 3. The summed E-state index contributed by atoms with van der Waals surface area (Å²) in [6.07, 6.45) is 14.3. The molecule has 1 fully saturated rings. The first-order valence-corrected chi connectivity index (χ1v) is 13.5. The van der Waals surface area contributed by atoms with E-state index in [0.29, 0.717) is 6.42 Å². The lowest BCUT2D eigenvalue weighted by atomic mass is 9.55. The molecule has 8 atom stereocenters. The summed E-state index contributed by atoms with van der Waals surface area (Å²) in [5.74, 6) is -5.21. The number of aliphatic hydroxyl groups is 2. The highest BCUT2D eigenvalue weighted by Gasteiger charge is 2.59. The van der Waals surface area contributed by atoms with Gasteiger partial charge in [-0.15, -0.1) is 0 Å². The predicted octanol–water partition coefficient (Wildman–Crippen LogP) is 4.36. The quantitative estimate of drug-likeness (QED) is 0.349. The zero-order valence-electron chi connectivity index (χ0n) is 21.4. The Morgan fingerprint density at radius 2 is 1.86 bits per heavy atom. The minimum Gasteiger partial charge on any atom is -0.505 e. The molecule has 3 aliphatic carbocycles. The third-order valence-corrected chi connectivity index (χ3v) is 9.51. The Morgan fingerprint density at radius 3 is 2.62 bits per heavy atom. The summed E-state index contributed by atoms with van der Waals surface area (Å²) >= 11 is 0. The number of ether oxygens (including phenoxy) is 2. The molecule has 0 amide bonds. The Labute approximate surface area is 216 Å². The molecule has 5 aliphatic rings. The molecule has 0 aromatic heterocycles. The van der Waals surface area contributed by atoms with Crippen molar-refractivity contribution in [2.45, 2.75) is 76.9 Å². The minimum atomic E-state index is -1.53. The molecule has 0 saturated heterocycles. The normalized spacial score (nSPS) is 42.8. The first kappa shape index (κ1) is 25.8. The maximum absolute atomic E-state index is 13.9. The van der Waals surface area contributed by atoms with Crippen LogP contribution < -0.4 is 0 Å². The van der Waals surface area contributed by atoms with Gasteiger partial charge in [0.1, 0.15) is 0 Å². The molecule has 2 bridgehead atoms. The number of esters is 2. The Balaban J connectivity index is 1.58. The van der Waals surface area contributed by atoms with E-state index in [4.69, 9.17) is 9.47 Å². The highest BCUT2D eigenvalue weighted by atomic mass is 16.6. The molecule has 3 N–H and O–H groups in total. The second kappa shape index (κ2) is 9.46. The Bertz CT molecular complexity index is 1110. The maximum atomic E-state index is 13.9. The Kier molecular flexibility index (Phi) is 6.59. The third kappa shape index (κ3) is 4.04.